The molecule has 1 rings (SSSR count). The van der Waals surface area contributed by atoms with Gasteiger partial charge in [-0.05, 0) is 18.1 Å². The van der Waals surface area contributed by atoms with Gasteiger partial charge in [0, 0.05) is 6.21 Å². The van der Waals surface area contributed by atoms with E-state index in [-0.39, 0.29) is 0 Å². The van der Waals surface area contributed by atoms with Crippen molar-refractivity contribution in [2.45, 2.75) is 6.92 Å². The molecule has 11 heavy (non-hydrogen) atoms. The van der Waals surface area contributed by atoms with Gasteiger partial charge >= 0.3 is 0 Å². The van der Waals surface area contributed by atoms with Gasteiger partial charge in [-0.15, -0.1) is 0 Å². The molecule has 1 nitrogen and oxygen atoms in total. The summed E-state index contributed by atoms with van der Waals surface area (Å²) in [6.45, 7) is 5.78. The Kier molecular flexibility index (Phi) is 2.21. The molecular weight excluding hydrogens is 134 g/mol. The van der Waals surface area contributed by atoms with Crippen molar-refractivity contribution >= 4 is 11.8 Å². The number of hydrogen-bond acceptors (Lipinski definition) is 1. The SMILES string of the molecule is C=C(C)c1ccccc1C=N. The zero-order chi connectivity index (χ0) is 8.27. The molecule has 0 fully saturated rings. The quantitative estimate of drug-likeness (QED) is 0.619. The summed E-state index contributed by atoms with van der Waals surface area (Å²) in [5, 5.41) is 7.11. The highest BCUT2D eigenvalue weighted by molar-refractivity contribution is 5.85. The summed E-state index contributed by atoms with van der Waals surface area (Å²) in [6, 6.07) is 7.77. The largest absolute Gasteiger partial charge is 0.308 e. The van der Waals surface area contributed by atoms with Gasteiger partial charge in [0.1, 0.15) is 0 Å². The Balaban J connectivity index is 3.22. The van der Waals surface area contributed by atoms with Crippen molar-refractivity contribution in [1.82, 2.24) is 0 Å². The fourth-order valence-corrected chi connectivity index (χ4v) is 1.01. The first kappa shape index (κ1) is 7.73. The van der Waals surface area contributed by atoms with Crippen molar-refractivity contribution in [3.05, 3.63) is 42.0 Å². The van der Waals surface area contributed by atoms with Gasteiger partial charge < -0.3 is 5.41 Å². The van der Waals surface area contributed by atoms with Crippen LogP contribution < -0.4 is 0 Å². The lowest BCUT2D eigenvalue weighted by molar-refractivity contribution is 1.50. The molecule has 0 saturated heterocycles. The number of nitrogens with one attached hydrogen (secondary N) is 1. The molecule has 0 aliphatic heterocycles. The van der Waals surface area contributed by atoms with Crippen LogP contribution in [-0.4, -0.2) is 6.21 Å². The fraction of sp³-hybridized carbons (Fsp3) is 0.100. The van der Waals surface area contributed by atoms with Gasteiger partial charge in [-0.25, -0.2) is 0 Å². The molecule has 0 heterocycles. The van der Waals surface area contributed by atoms with Crippen LogP contribution in [0.1, 0.15) is 18.1 Å². The van der Waals surface area contributed by atoms with E-state index in [1.165, 1.54) is 6.21 Å². The van der Waals surface area contributed by atoms with Gasteiger partial charge in [-0.1, -0.05) is 36.4 Å². The predicted octanol–water partition coefficient (Wildman–Crippen LogP) is 2.72. The van der Waals surface area contributed by atoms with Crippen LogP contribution in [0, 0.1) is 5.41 Å². The Bertz CT molecular complexity index is 287. The Morgan fingerprint density at radius 3 is 2.55 bits per heavy atom. The van der Waals surface area contributed by atoms with Crippen LogP contribution >= 0.6 is 0 Å². The summed E-state index contributed by atoms with van der Waals surface area (Å²) in [5.41, 5.74) is 2.99. The Hall–Kier alpha value is -1.37. The van der Waals surface area contributed by atoms with Gasteiger partial charge in [0.15, 0.2) is 0 Å². The second-order valence-electron chi connectivity index (χ2n) is 2.51. The average Bonchev–Trinajstić information content (AvgIpc) is 2.04. The molecule has 0 spiro atoms. The van der Waals surface area contributed by atoms with Crippen molar-refractivity contribution in [2.24, 2.45) is 0 Å². The molecule has 1 N–H and O–H groups in total. The van der Waals surface area contributed by atoms with Gasteiger partial charge in [-0.2, -0.15) is 0 Å². The summed E-state index contributed by atoms with van der Waals surface area (Å²) >= 11 is 0. The fourth-order valence-electron chi connectivity index (χ4n) is 1.01. The minimum atomic E-state index is 0.931. The zero-order valence-electron chi connectivity index (χ0n) is 6.59. The van der Waals surface area contributed by atoms with Gasteiger partial charge in [-0.3, -0.25) is 0 Å². The molecule has 0 saturated carbocycles. The van der Waals surface area contributed by atoms with Gasteiger partial charge in [0.2, 0.25) is 0 Å². The normalized spacial score (nSPS) is 9.18. The standard InChI is InChI=1S/C10H11N/c1-8(2)10-6-4-3-5-9(10)7-11/h3-7,11H,1H2,2H3. The molecule has 1 aromatic rings. The lowest BCUT2D eigenvalue weighted by Gasteiger charge is -2.02. The molecular formula is C10H11N. The Labute approximate surface area is 66.9 Å². The van der Waals surface area contributed by atoms with E-state index in [4.69, 9.17) is 5.41 Å². The number of allylic oxidation sites excluding steroid dienone is 1. The first-order valence-corrected chi connectivity index (χ1v) is 3.51. The van der Waals surface area contributed by atoms with E-state index in [0.717, 1.165) is 16.7 Å². The monoisotopic (exact) mass is 145 g/mol. The lowest BCUT2D eigenvalue weighted by atomic mass is 10.0. The third-order valence-electron chi connectivity index (χ3n) is 1.58. The molecule has 0 aliphatic carbocycles. The summed E-state index contributed by atoms with van der Waals surface area (Å²) < 4.78 is 0. The molecule has 0 aromatic heterocycles. The van der Waals surface area contributed by atoms with E-state index in [9.17, 15) is 0 Å². The summed E-state index contributed by atoms with van der Waals surface area (Å²) in [6.07, 6.45) is 1.35. The second kappa shape index (κ2) is 3.15. The third-order valence-corrected chi connectivity index (χ3v) is 1.58. The maximum atomic E-state index is 7.11. The third kappa shape index (κ3) is 1.55. The van der Waals surface area contributed by atoms with Crippen molar-refractivity contribution in [2.75, 3.05) is 0 Å². The molecule has 0 amide bonds. The molecule has 0 bridgehead atoms. The topological polar surface area (TPSA) is 23.9 Å². The number of rotatable bonds is 2. The van der Waals surface area contributed by atoms with E-state index in [0.29, 0.717) is 0 Å². The van der Waals surface area contributed by atoms with E-state index in [1.807, 2.05) is 31.2 Å². The first-order valence-electron chi connectivity index (χ1n) is 3.51. The smallest absolute Gasteiger partial charge is 0.0256 e. The van der Waals surface area contributed by atoms with Crippen molar-refractivity contribution in [3.63, 3.8) is 0 Å². The van der Waals surface area contributed by atoms with Crippen LogP contribution in [-0.2, 0) is 0 Å². The molecule has 0 radical (unpaired) electrons. The van der Waals surface area contributed by atoms with Crippen LogP contribution in [0.4, 0.5) is 0 Å². The highest BCUT2D eigenvalue weighted by Gasteiger charge is 1.96. The second-order valence-corrected chi connectivity index (χ2v) is 2.51. The van der Waals surface area contributed by atoms with Crippen molar-refractivity contribution in [1.29, 1.82) is 5.41 Å². The minimum absolute atomic E-state index is 0.931. The number of hydrogen-bond donors (Lipinski definition) is 1. The zero-order valence-corrected chi connectivity index (χ0v) is 6.59. The molecule has 1 aromatic carbocycles. The molecule has 0 unspecified atom stereocenters. The number of benzene rings is 1. The highest BCUT2D eigenvalue weighted by atomic mass is 14.3. The molecule has 56 valence electrons. The van der Waals surface area contributed by atoms with Crippen LogP contribution in [0.5, 0.6) is 0 Å². The predicted molar refractivity (Wildman–Crippen MR) is 49.0 cm³/mol. The molecule has 0 atom stereocenters. The van der Waals surface area contributed by atoms with Crippen LogP contribution in [0.25, 0.3) is 5.57 Å². The van der Waals surface area contributed by atoms with Crippen molar-refractivity contribution in [3.8, 4) is 0 Å². The first-order chi connectivity index (χ1) is 5.25. The summed E-state index contributed by atoms with van der Waals surface area (Å²) in [5.74, 6) is 0. The minimum Gasteiger partial charge on any atom is -0.308 e. The highest BCUT2D eigenvalue weighted by Crippen LogP contribution is 2.14. The lowest BCUT2D eigenvalue weighted by Crippen LogP contribution is -1.87. The van der Waals surface area contributed by atoms with E-state index >= 15 is 0 Å². The van der Waals surface area contributed by atoms with E-state index in [2.05, 4.69) is 6.58 Å². The molecule has 1 heteroatoms. The van der Waals surface area contributed by atoms with Crippen LogP contribution in [0.3, 0.4) is 0 Å². The Morgan fingerprint density at radius 1 is 1.45 bits per heavy atom. The average molecular weight is 145 g/mol. The summed E-state index contributed by atoms with van der Waals surface area (Å²) in [4.78, 5) is 0. The van der Waals surface area contributed by atoms with Gasteiger partial charge in [0.05, 0.1) is 0 Å². The maximum Gasteiger partial charge on any atom is 0.0256 e. The van der Waals surface area contributed by atoms with Crippen molar-refractivity contribution < 1.29 is 0 Å². The van der Waals surface area contributed by atoms with Gasteiger partial charge in [0.25, 0.3) is 0 Å². The summed E-state index contributed by atoms with van der Waals surface area (Å²) in [7, 11) is 0. The van der Waals surface area contributed by atoms with E-state index in [1.54, 1.807) is 0 Å². The maximum absolute atomic E-state index is 7.11. The van der Waals surface area contributed by atoms with Crippen LogP contribution in [0.2, 0.25) is 0 Å². The molecule has 0 aliphatic rings. The van der Waals surface area contributed by atoms with E-state index < -0.39 is 0 Å². The van der Waals surface area contributed by atoms with Crippen LogP contribution in [0.15, 0.2) is 30.8 Å². The Morgan fingerprint density at radius 2 is 2.09 bits per heavy atom.